The van der Waals surface area contributed by atoms with Gasteiger partial charge in [-0.2, -0.15) is 0 Å². The lowest BCUT2D eigenvalue weighted by atomic mass is 9.83. The number of nitrogens with one attached hydrogen (secondary N) is 1. The molecule has 0 aromatic carbocycles. The molecule has 6 nitrogen and oxygen atoms in total. The first kappa shape index (κ1) is 15.5. The maximum absolute atomic E-state index is 12.3. The van der Waals surface area contributed by atoms with Crippen LogP contribution in [0.25, 0.3) is 0 Å². The molecule has 0 saturated heterocycles. The van der Waals surface area contributed by atoms with Crippen molar-refractivity contribution < 1.29 is 9.21 Å². The van der Waals surface area contributed by atoms with Crippen LogP contribution in [0.3, 0.4) is 0 Å². The van der Waals surface area contributed by atoms with Crippen LogP contribution in [0.15, 0.2) is 27.8 Å². The maximum atomic E-state index is 12.3. The van der Waals surface area contributed by atoms with Crippen molar-refractivity contribution in [2.24, 2.45) is 0 Å². The second-order valence-corrected chi connectivity index (χ2v) is 6.00. The van der Waals surface area contributed by atoms with Gasteiger partial charge < -0.3 is 14.3 Å². The number of rotatable bonds is 5. The van der Waals surface area contributed by atoms with Crippen LogP contribution >= 0.6 is 0 Å². The summed E-state index contributed by atoms with van der Waals surface area (Å²) in [5.74, 6) is 0.621. The van der Waals surface area contributed by atoms with E-state index in [1.54, 1.807) is 13.3 Å². The zero-order valence-corrected chi connectivity index (χ0v) is 13.5. The molecular weight excluding hydrogens is 294 g/mol. The number of carbonyl (C=O) groups excluding carboxylic acids is 1. The lowest BCUT2D eigenvalue weighted by Gasteiger charge is -2.24. The molecule has 0 atom stereocenters. The van der Waals surface area contributed by atoms with Crippen LogP contribution in [0.2, 0.25) is 0 Å². The van der Waals surface area contributed by atoms with Gasteiger partial charge in [-0.15, -0.1) is 0 Å². The van der Waals surface area contributed by atoms with Crippen LogP contribution in [-0.4, -0.2) is 15.5 Å². The van der Waals surface area contributed by atoms with Crippen molar-refractivity contribution >= 4 is 5.91 Å². The van der Waals surface area contributed by atoms with Gasteiger partial charge in [0.15, 0.2) is 0 Å². The molecular formula is C17H21N3O3. The van der Waals surface area contributed by atoms with Gasteiger partial charge >= 0.3 is 5.63 Å². The Morgan fingerprint density at radius 2 is 2.26 bits per heavy atom. The molecule has 1 aliphatic carbocycles. The molecule has 3 rings (SSSR count). The second kappa shape index (κ2) is 6.40. The number of aryl methyl sites for hydroxylation is 2. The van der Waals surface area contributed by atoms with Crippen molar-refractivity contribution in [3.63, 3.8) is 0 Å². The minimum Gasteiger partial charge on any atom is -0.427 e. The van der Waals surface area contributed by atoms with E-state index in [1.165, 1.54) is 6.42 Å². The summed E-state index contributed by atoms with van der Waals surface area (Å²) >= 11 is 0. The number of nitrogens with zero attached hydrogens (tertiary/aromatic N) is 2. The topological polar surface area (TPSA) is 77.1 Å². The zero-order chi connectivity index (χ0) is 16.4. The van der Waals surface area contributed by atoms with E-state index in [0.29, 0.717) is 17.2 Å². The fourth-order valence-corrected chi connectivity index (χ4v) is 2.73. The van der Waals surface area contributed by atoms with E-state index in [0.717, 1.165) is 25.1 Å². The predicted molar refractivity (Wildman–Crippen MR) is 85.4 cm³/mol. The highest BCUT2D eigenvalue weighted by molar-refractivity contribution is 5.95. The summed E-state index contributed by atoms with van der Waals surface area (Å²) in [6.45, 7) is 4.91. The molecule has 2 heterocycles. The normalized spacial score (nSPS) is 14.5. The minimum absolute atomic E-state index is 0.0861. The molecule has 0 bridgehead atoms. The van der Waals surface area contributed by atoms with E-state index in [2.05, 4.69) is 10.3 Å². The van der Waals surface area contributed by atoms with E-state index >= 15 is 0 Å². The monoisotopic (exact) mass is 315 g/mol. The first-order valence-corrected chi connectivity index (χ1v) is 8.02. The number of aromatic nitrogens is 2. The molecule has 0 unspecified atom stereocenters. The van der Waals surface area contributed by atoms with Crippen LogP contribution in [0.1, 0.15) is 59.5 Å². The fraction of sp³-hybridized carbons (Fsp3) is 0.471. The Hall–Kier alpha value is -2.37. The van der Waals surface area contributed by atoms with E-state index in [9.17, 15) is 9.59 Å². The molecule has 0 radical (unpaired) electrons. The van der Waals surface area contributed by atoms with Gasteiger partial charge in [0.1, 0.15) is 11.3 Å². The van der Waals surface area contributed by atoms with Gasteiger partial charge in [-0.3, -0.25) is 4.79 Å². The average Bonchev–Trinajstić information content (AvgIpc) is 2.90. The highest BCUT2D eigenvalue weighted by atomic mass is 16.4. The molecule has 1 saturated carbocycles. The molecule has 6 heteroatoms. The number of hydrogen-bond donors (Lipinski definition) is 1. The molecule has 1 fully saturated rings. The third-order valence-electron chi connectivity index (χ3n) is 4.38. The second-order valence-electron chi connectivity index (χ2n) is 6.00. The predicted octanol–water partition coefficient (Wildman–Crippen LogP) is 2.36. The molecule has 2 aromatic rings. The first-order chi connectivity index (χ1) is 11.1. The van der Waals surface area contributed by atoms with Gasteiger partial charge in [0.05, 0.1) is 18.6 Å². The SMILES string of the molecule is CCn1cnc(CNC(=O)c2c(C)cc(C3CCC3)oc2=O)c1. The van der Waals surface area contributed by atoms with E-state index in [1.807, 2.05) is 23.8 Å². The third-order valence-corrected chi connectivity index (χ3v) is 4.38. The average molecular weight is 315 g/mol. The van der Waals surface area contributed by atoms with Crippen LogP contribution < -0.4 is 10.9 Å². The third kappa shape index (κ3) is 3.21. The summed E-state index contributed by atoms with van der Waals surface area (Å²) in [6, 6.07) is 1.83. The molecule has 0 spiro atoms. The Labute approximate surface area is 134 Å². The van der Waals surface area contributed by atoms with Crippen molar-refractivity contribution in [2.45, 2.75) is 52.1 Å². The Bertz CT molecular complexity index is 772. The zero-order valence-electron chi connectivity index (χ0n) is 13.5. The summed E-state index contributed by atoms with van der Waals surface area (Å²) in [5, 5.41) is 2.74. The van der Waals surface area contributed by atoms with Gasteiger partial charge in [0.2, 0.25) is 0 Å². The minimum atomic E-state index is -0.552. The van der Waals surface area contributed by atoms with Gasteiger partial charge in [-0.05, 0) is 38.3 Å². The van der Waals surface area contributed by atoms with E-state index in [-0.39, 0.29) is 12.1 Å². The van der Waals surface area contributed by atoms with Crippen molar-refractivity contribution in [1.29, 1.82) is 0 Å². The van der Waals surface area contributed by atoms with Gasteiger partial charge in [0, 0.05) is 18.7 Å². The van der Waals surface area contributed by atoms with Crippen LogP contribution in [-0.2, 0) is 13.1 Å². The van der Waals surface area contributed by atoms with Crippen molar-refractivity contribution in [2.75, 3.05) is 0 Å². The molecule has 122 valence electrons. The van der Waals surface area contributed by atoms with Gasteiger partial charge in [0.25, 0.3) is 5.91 Å². The summed E-state index contributed by atoms with van der Waals surface area (Å²) in [5.41, 5.74) is 0.958. The summed E-state index contributed by atoms with van der Waals surface area (Å²) in [7, 11) is 0. The standard InChI is InChI=1S/C17H21N3O3/c1-3-20-9-13(19-10-20)8-18-16(21)15-11(2)7-14(23-17(15)22)12-5-4-6-12/h7,9-10,12H,3-6,8H2,1-2H3,(H,18,21). The molecule has 1 aliphatic rings. The Morgan fingerprint density at radius 3 is 2.83 bits per heavy atom. The molecule has 1 amide bonds. The molecule has 2 aromatic heterocycles. The molecule has 0 aliphatic heterocycles. The Morgan fingerprint density at radius 1 is 1.48 bits per heavy atom. The molecule has 23 heavy (non-hydrogen) atoms. The quantitative estimate of drug-likeness (QED) is 0.919. The number of carbonyl (C=O) groups is 1. The fourth-order valence-electron chi connectivity index (χ4n) is 2.73. The number of imidazole rings is 1. The van der Waals surface area contributed by atoms with Crippen LogP contribution in [0, 0.1) is 6.92 Å². The lowest BCUT2D eigenvalue weighted by molar-refractivity contribution is 0.0945. The Kier molecular flexibility index (Phi) is 4.32. The highest BCUT2D eigenvalue weighted by Crippen LogP contribution is 2.36. The van der Waals surface area contributed by atoms with Gasteiger partial charge in [-0.25, -0.2) is 9.78 Å². The first-order valence-electron chi connectivity index (χ1n) is 8.02. The van der Waals surface area contributed by atoms with Crippen molar-refractivity contribution in [3.05, 3.63) is 51.6 Å². The Balaban J connectivity index is 1.72. The van der Waals surface area contributed by atoms with Crippen LogP contribution in [0.5, 0.6) is 0 Å². The molecule has 1 N–H and O–H groups in total. The summed E-state index contributed by atoms with van der Waals surface area (Å²) in [4.78, 5) is 28.7. The maximum Gasteiger partial charge on any atom is 0.349 e. The van der Waals surface area contributed by atoms with Crippen molar-refractivity contribution in [3.8, 4) is 0 Å². The summed E-state index contributed by atoms with van der Waals surface area (Å²) < 4.78 is 7.28. The van der Waals surface area contributed by atoms with E-state index in [4.69, 9.17) is 4.42 Å². The van der Waals surface area contributed by atoms with Gasteiger partial charge in [-0.1, -0.05) is 6.42 Å². The largest absolute Gasteiger partial charge is 0.427 e. The smallest absolute Gasteiger partial charge is 0.349 e. The highest BCUT2D eigenvalue weighted by Gasteiger charge is 2.25. The van der Waals surface area contributed by atoms with Crippen LogP contribution in [0.4, 0.5) is 0 Å². The number of amides is 1. The number of hydrogen-bond acceptors (Lipinski definition) is 4. The van der Waals surface area contributed by atoms with Crippen molar-refractivity contribution in [1.82, 2.24) is 14.9 Å². The summed E-state index contributed by atoms with van der Waals surface area (Å²) in [6.07, 6.45) is 6.85. The lowest BCUT2D eigenvalue weighted by Crippen LogP contribution is -2.29. The van der Waals surface area contributed by atoms with E-state index < -0.39 is 11.5 Å².